The molecular formula is C27H32N6O3S. The number of piperazine rings is 1. The highest BCUT2D eigenvalue weighted by Gasteiger charge is 2.59. The molecule has 1 saturated heterocycles. The summed E-state index contributed by atoms with van der Waals surface area (Å²) in [5.41, 5.74) is 8.39. The van der Waals surface area contributed by atoms with Crippen molar-refractivity contribution in [3.8, 4) is 0 Å². The molecule has 7 rings (SSSR count). The number of anilines is 2. The van der Waals surface area contributed by atoms with E-state index in [-0.39, 0.29) is 40.1 Å². The lowest BCUT2D eigenvalue weighted by molar-refractivity contribution is -0.0885. The first-order chi connectivity index (χ1) is 17.7. The zero-order valence-corrected chi connectivity index (χ0v) is 22.3. The van der Waals surface area contributed by atoms with Crippen LogP contribution in [0.5, 0.6) is 0 Å². The number of hydrogen-bond acceptors (Lipinski definition) is 8. The molecule has 0 amide bonds. The number of nitrogens with zero attached hydrogens (tertiary/aromatic N) is 5. The Kier molecular flexibility index (Phi) is 5.72. The van der Waals surface area contributed by atoms with Crippen LogP contribution in [-0.4, -0.2) is 68.4 Å². The standard InChI is InChI=1S/C27H32N6O3S/c1-16-21-14-29-26(37(3)36)30-24(21)33(27-11-17(12-27)13-27)25(35)23(16)22(34)10-20-15-31(2)8-9-32(20)19-6-4-18(28)5-7-19/h4-7,14,17,20H,8-13,15,28H2,1-3H3. The lowest BCUT2D eigenvalue weighted by atomic mass is 9.49. The zero-order valence-electron chi connectivity index (χ0n) is 21.4. The summed E-state index contributed by atoms with van der Waals surface area (Å²) in [6, 6.07) is 7.65. The molecule has 2 unspecified atom stereocenters. The molecule has 3 aliphatic carbocycles. The summed E-state index contributed by atoms with van der Waals surface area (Å²) in [4.78, 5) is 41.3. The third-order valence-corrected chi connectivity index (χ3v) is 9.21. The third kappa shape index (κ3) is 3.88. The van der Waals surface area contributed by atoms with E-state index in [0.29, 0.717) is 28.2 Å². The molecule has 2 atom stereocenters. The van der Waals surface area contributed by atoms with E-state index in [1.165, 1.54) is 6.26 Å². The number of hydrogen-bond donors (Lipinski definition) is 1. The second-order valence-electron chi connectivity index (χ2n) is 11.0. The average Bonchev–Trinajstić information content (AvgIpc) is 2.80. The lowest BCUT2D eigenvalue weighted by Gasteiger charge is -2.62. The van der Waals surface area contributed by atoms with E-state index >= 15 is 0 Å². The molecule has 4 aliphatic rings. The van der Waals surface area contributed by atoms with Crippen molar-refractivity contribution in [1.29, 1.82) is 0 Å². The van der Waals surface area contributed by atoms with Crippen LogP contribution in [0.1, 0.15) is 41.6 Å². The van der Waals surface area contributed by atoms with Crippen molar-refractivity contribution in [3.63, 3.8) is 0 Å². The number of fused-ring (bicyclic) bond motifs is 1. The Bertz CT molecular complexity index is 1480. The number of carbonyl (C=O) groups is 1. The number of ketones is 1. The Balaban J connectivity index is 1.42. The Labute approximate surface area is 218 Å². The van der Waals surface area contributed by atoms with Crippen LogP contribution in [0, 0.1) is 12.8 Å². The third-order valence-electron chi connectivity index (χ3n) is 8.50. The molecule has 1 aromatic carbocycles. The highest BCUT2D eigenvalue weighted by Crippen LogP contribution is 2.62. The number of aryl methyl sites for hydroxylation is 1. The molecule has 194 valence electrons. The van der Waals surface area contributed by atoms with Gasteiger partial charge in [-0.1, -0.05) is 0 Å². The highest BCUT2D eigenvalue weighted by atomic mass is 32.2. The topological polar surface area (TPSA) is 114 Å². The van der Waals surface area contributed by atoms with Crippen molar-refractivity contribution in [1.82, 2.24) is 19.4 Å². The van der Waals surface area contributed by atoms with E-state index in [2.05, 4.69) is 26.8 Å². The van der Waals surface area contributed by atoms with Crippen LogP contribution in [0.4, 0.5) is 11.4 Å². The molecule has 2 aromatic heterocycles. The summed E-state index contributed by atoms with van der Waals surface area (Å²) in [7, 11) is 0.684. The second kappa shape index (κ2) is 8.73. The molecule has 9 nitrogen and oxygen atoms in total. The van der Waals surface area contributed by atoms with Crippen molar-refractivity contribution in [3.05, 3.63) is 51.9 Å². The number of aromatic nitrogens is 3. The first-order valence-corrected chi connectivity index (χ1v) is 14.3. The van der Waals surface area contributed by atoms with Gasteiger partial charge in [0.1, 0.15) is 5.65 Å². The number of nitrogens with two attached hydrogens (primary N) is 1. The molecule has 3 aromatic rings. The van der Waals surface area contributed by atoms with Gasteiger partial charge in [-0.25, -0.2) is 9.97 Å². The molecular weight excluding hydrogens is 488 g/mol. The summed E-state index contributed by atoms with van der Waals surface area (Å²) < 4.78 is 13.9. The molecule has 0 spiro atoms. The minimum Gasteiger partial charge on any atom is -0.399 e. The fourth-order valence-electron chi connectivity index (χ4n) is 6.42. The maximum Gasteiger partial charge on any atom is 0.263 e. The highest BCUT2D eigenvalue weighted by molar-refractivity contribution is 7.84. The van der Waals surface area contributed by atoms with Crippen molar-refractivity contribution in [2.24, 2.45) is 5.92 Å². The van der Waals surface area contributed by atoms with Crippen molar-refractivity contribution >= 4 is 39.0 Å². The van der Waals surface area contributed by atoms with Gasteiger partial charge in [0.25, 0.3) is 5.56 Å². The Morgan fingerprint density at radius 1 is 1.19 bits per heavy atom. The Hall–Kier alpha value is -3.11. The molecule has 0 radical (unpaired) electrons. The van der Waals surface area contributed by atoms with Gasteiger partial charge in [-0.3, -0.25) is 18.4 Å². The summed E-state index contributed by atoms with van der Waals surface area (Å²) in [5.74, 6) is 0.476. The van der Waals surface area contributed by atoms with Crippen LogP contribution in [-0.2, 0) is 16.3 Å². The van der Waals surface area contributed by atoms with Crippen molar-refractivity contribution in [2.75, 3.05) is 43.6 Å². The monoisotopic (exact) mass is 520 g/mol. The number of carbonyl (C=O) groups excluding carboxylic acids is 1. The molecule has 2 bridgehead atoms. The van der Waals surface area contributed by atoms with Gasteiger partial charge < -0.3 is 15.5 Å². The van der Waals surface area contributed by atoms with E-state index in [9.17, 15) is 13.8 Å². The largest absolute Gasteiger partial charge is 0.399 e. The first-order valence-electron chi connectivity index (χ1n) is 12.8. The minimum absolute atomic E-state index is 0.0751. The quantitative estimate of drug-likeness (QED) is 0.299. The molecule has 10 heteroatoms. The number of Topliss-reactive ketones (excluding diaryl/α,β-unsaturated/α-hetero) is 1. The van der Waals surface area contributed by atoms with E-state index in [0.717, 1.165) is 44.6 Å². The van der Waals surface area contributed by atoms with Crippen LogP contribution < -0.4 is 16.2 Å². The maximum atomic E-state index is 14.1. The number of nitrogen functional groups attached to an aromatic ring is 1. The maximum absolute atomic E-state index is 14.1. The van der Waals surface area contributed by atoms with Gasteiger partial charge in [0.2, 0.25) is 5.16 Å². The molecule has 3 heterocycles. The molecule has 4 fully saturated rings. The Morgan fingerprint density at radius 3 is 2.51 bits per heavy atom. The molecule has 2 N–H and O–H groups in total. The van der Waals surface area contributed by atoms with E-state index in [1.54, 1.807) is 17.7 Å². The number of likely N-dealkylation sites (N-methyl/N-ethyl adjacent to an activating group) is 1. The molecule has 37 heavy (non-hydrogen) atoms. The fraction of sp³-hybridized carbons (Fsp3) is 0.481. The normalized spacial score (nSPS) is 26.0. The molecule has 3 saturated carbocycles. The second-order valence-corrected chi connectivity index (χ2v) is 12.3. The van der Waals surface area contributed by atoms with E-state index < -0.39 is 10.8 Å². The number of pyridine rings is 1. The Morgan fingerprint density at radius 2 is 1.89 bits per heavy atom. The zero-order chi connectivity index (χ0) is 26.1. The van der Waals surface area contributed by atoms with E-state index in [4.69, 9.17) is 5.73 Å². The predicted octanol–water partition coefficient (Wildman–Crippen LogP) is 2.32. The van der Waals surface area contributed by atoms with Gasteiger partial charge >= 0.3 is 0 Å². The number of benzene rings is 1. The van der Waals surface area contributed by atoms with Crippen LogP contribution in [0.2, 0.25) is 0 Å². The van der Waals surface area contributed by atoms with E-state index in [1.807, 2.05) is 24.3 Å². The van der Waals surface area contributed by atoms with Gasteiger partial charge in [0, 0.05) is 61.3 Å². The van der Waals surface area contributed by atoms with Crippen molar-refractivity contribution < 1.29 is 9.00 Å². The van der Waals surface area contributed by atoms with Crippen LogP contribution in [0.15, 0.2) is 40.4 Å². The summed E-state index contributed by atoms with van der Waals surface area (Å²) in [6.45, 7) is 4.20. The minimum atomic E-state index is -1.37. The van der Waals surface area contributed by atoms with Gasteiger partial charge in [0.15, 0.2) is 5.78 Å². The number of rotatable bonds is 6. The average molecular weight is 521 g/mol. The van der Waals surface area contributed by atoms with Crippen LogP contribution >= 0.6 is 0 Å². The van der Waals surface area contributed by atoms with Gasteiger partial charge in [-0.15, -0.1) is 0 Å². The first kappa shape index (κ1) is 24.2. The fourth-order valence-corrected chi connectivity index (χ4v) is 6.83. The van der Waals surface area contributed by atoms with Gasteiger partial charge in [-0.2, -0.15) is 0 Å². The SMILES string of the molecule is Cc1c(C(=O)CC2CN(C)CCN2c2ccc(N)cc2)c(=O)n(C23CC(C2)C3)c2nc(S(C)=O)ncc12. The van der Waals surface area contributed by atoms with Gasteiger partial charge in [-0.05, 0) is 69.0 Å². The summed E-state index contributed by atoms with van der Waals surface area (Å²) >= 11 is 0. The van der Waals surface area contributed by atoms with Crippen LogP contribution in [0.25, 0.3) is 11.0 Å². The molecule has 1 aliphatic heterocycles. The van der Waals surface area contributed by atoms with Gasteiger partial charge in [0.05, 0.1) is 21.9 Å². The summed E-state index contributed by atoms with van der Waals surface area (Å²) in [5, 5.41) is 0.883. The van der Waals surface area contributed by atoms with Crippen molar-refractivity contribution in [2.45, 2.75) is 49.3 Å². The lowest BCUT2D eigenvalue weighted by Crippen LogP contribution is -2.62. The predicted molar refractivity (Wildman–Crippen MR) is 145 cm³/mol. The smallest absolute Gasteiger partial charge is 0.263 e. The van der Waals surface area contributed by atoms with Crippen LogP contribution in [0.3, 0.4) is 0 Å². The summed E-state index contributed by atoms with van der Waals surface area (Å²) in [6.07, 6.45) is 6.15.